The van der Waals surface area contributed by atoms with Crippen molar-refractivity contribution in [3.8, 4) is 0 Å². The molecule has 1 unspecified atom stereocenters. The minimum atomic E-state index is 0.199. The van der Waals surface area contributed by atoms with Gasteiger partial charge in [0.1, 0.15) is 11.6 Å². The topological polar surface area (TPSA) is 36.1 Å². The van der Waals surface area contributed by atoms with Crippen molar-refractivity contribution in [2.24, 2.45) is 5.92 Å². The predicted octanol–water partition coefficient (Wildman–Crippen LogP) is 2.97. The Morgan fingerprint density at radius 2 is 2.22 bits per heavy atom. The summed E-state index contributed by atoms with van der Waals surface area (Å²) < 4.78 is 0. The molecule has 0 amide bonds. The molecule has 3 rings (SSSR count). The molecule has 1 atom stereocenters. The molecule has 3 nitrogen and oxygen atoms in total. The standard InChI is InChI=1S/C15H18N2O/c1-2-11-10-17(8-7-14(11)18)15-9-12-5-3-4-6-13(12)16-15/h3-6,9,11,16H,2,7-8,10H2,1H3. The van der Waals surface area contributed by atoms with Crippen molar-refractivity contribution in [2.45, 2.75) is 19.8 Å². The van der Waals surface area contributed by atoms with Crippen molar-refractivity contribution in [1.29, 1.82) is 0 Å². The zero-order valence-corrected chi connectivity index (χ0v) is 10.6. The molecule has 0 radical (unpaired) electrons. The van der Waals surface area contributed by atoms with Crippen LogP contribution in [0.3, 0.4) is 0 Å². The number of para-hydroxylation sites is 1. The fourth-order valence-corrected chi connectivity index (χ4v) is 2.71. The molecule has 1 saturated heterocycles. The molecular weight excluding hydrogens is 224 g/mol. The molecule has 0 aliphatic carbocycles. The highest BCUT2D eigenvalue weighted by Crippen LogP contribution is 2.25. The van der Waals surface area contributed by atoms with Gasteiger partial charge < -0.3 is 9.88 Å². The van der Waals surface area contributed by atoms with Crippen molar-refractivity contribution in [2.75, 3.05) is 18.0 Å². The van der Waals surface area contributed by atoms with Crippen molar-refractivity contribution < 1.29 is 4.79 Å². The van der Waals surface area contributed by atoms with Gasteiger partial charge in [0, 0.05) is 36.3 Å². The number of nitrogens with zero attached hydrogens (tertiary/aromatic N) is 1. The number of ketones is 1. The van der Waals surface area contributed by atoms with Gasteiger partial charge in [-0.1, -0.05) is 25.1 Å². The van der Waals surface area contributed by atoms with Crippen LogP contribution in [0.15, 0.2) is 30.3 Å². The van der Waals surface area contributed by atoms with E-state index in [-0.39, 0.29) is 5.92 Å². The van der Waals surface area contributed by atoms with Crippen molar-refractivity contribution in [1.82, 2.24) is 4.98 Å². The van der Waals surface area contributed by atoms with Gasteiger partial charge in [0.15, 0.2) is 0 Å². The third-order valence-electron chi connectivity index (χ3n) is 3.87. The van der Waals surface area contributed by atoms with Gasteiger partial charge in [0.05, 0.1) is 0 Å². The molecule has 1 fully saturated rings. The maximum Gasteiger partial charge on any atom is 0.139 e. The first-order valence-corrected chi connectivity index (χ1v) is 6.63. The van der Waals surface area contributed by atoms with Crippen LogP contribution in [-0.4, -0.2) is 23.9 Å². The Balaban J connectivity index is 1.88. The van der Waals surface area contributed by atoms with Crippen molar-refractivity contribution in [3.63, 3.8) is 0 Å². The molecule has 1 aliphatic rings. The number of carbonyl (C=O) groups is 1. The van der Waals surface area contributed by atoms with E-state index in [0.29, 0.717) is 12.2 Å². The molecule has 0 spiro atoms. The van der Waals surface area contributed by atoms with Gasteiger partial charge in [0.2, 0.25) is 0 Å². The Morgan fingerprint density at radius 1 is 1.39 bits per heavy atom. The summed E-state index contributed by atoms with van der Waals surface area (Å²) in [7, 11) is 0. The second-order valence-corrected chi connectivity index (χ2v) is 5.01. The Labute approximate surface area is 107 Å². The first-order chi connectivity index (χ1) is 8.78. The molecule has 18 heavy (non-hydrogen) atoms. The molecule has 94 valence electrons. The minimum Gasteiger partial charge on any atom is -0.357 e. The lowest BCUT2D eigenvalue weighted by Crippen LogP contribution is -2.40. The van der Waals surface area contributed by atoms with Crippen LogP contribution in [0.1, 0.15) is 19.8 Å². The van der Waals surface area contributed by atoms with Crippen LogP contribution in [0, 0.1) is 5.92 Å². The van der Waals surface area contributed by atoms with E-state index in [1.54, 1.807) is 0 Å². The first kappa shape index (κ1) is 11.3. The van der Waals surface area contributed by atoms with E-state index >= 15 is 0 Å². The zero-order valence-electron chi connectivity index (χ0n) is 10.6. The number of benzene rings is 1. The van der Waals surface area contributed by atoms with Gasteiger partial charge in [-0.3, -0.25) is 4.79 Å². The summed E-state index contributed by atoms with van der Waals surface area (Å²) in [5.74, 6) is 1.76. The number of nitrogens with one attached hydrogen (secondary N) is 1. The highest BCUT2D eigenvalue weighted by atomic mass is 16.1. The maximum absolute atomic E-state index is 11.7. The summed E-state index contributed by atoms with van der Waals surface area (Å²) in [4.78, 5) is 17.5. The maximum atomic E-state index is 11.7. The summed E-state index contributed by atoms with van der Waals surface area (Å²) >= 11 is 0. The average molecular weight is 242 g/mol. The number of aromatic nitrogens is 1. The molecule has 0 saturated carbocycles. The highest BCUT2D eigenvalue weighted by Gasteiger charge is 2.26. The number of hydrogen-bond donors (Lipinski definition) is 1. The van der Waals surface area contributed by atoms with E-state index in [4.69, 9.17) is 0 Å². The van der Waals surface area contributed by atoms with E-state index in [0.717, 1.165) is 30.8 Å². The molecular formula is C15H18N2O. The largest absolute Gasteiger partial charge is 0.357 e. The van der Waals surface area contributed by atoms with Gasteiger partial charge in [0.25, 0.3) is 0 Å². The van der Waals surface area contributed by atoms with E-state index in [9.17, 15) is 4.79 Å². The number of carbonyl (C=O) groups excluding carboxylic acids is 1. The molecule has 2 heterocycles. The predicted molar refractivity (Wildman–Crippen MR) is 73.9 cm³/mol. The van der Waals surface area contributed by atoms with Gasteiger partial charge >= 0.3 is 0 Å². The smallest absolute Gasteiger partial charge is 0.139 e. The van der Waals surface area contributed by atoms with Crippen LogP contribution >= 0.6 is 0 Å². The number of hydrogen-bond acceptors (Lipinski definition) is 2. The number of anilines is 1. The molecule has 0 bridgehead atoms. The normalized spacial score (nSPS) is 20.6. The monoisotopic (exact) mass is 242 g/mol. The van der Waals surface area contributed by atoms with Gasteiger partial charge in [-0.25, -0.2) is 0 Å². The quantitative estimate of drug-likeness (QED) is 0.878. The van der Waals surface area contributed by atoms with Gasteiger partial charge in [-0.15, -0.1) is 0 Å². The molecule has 1 aromatic carbocycles. The van der Waals surface area contributed by atoms with Gasteiger partial charge in [-0.2, -0.15) is 0 Å². The van der Waals surface area contributed by atoms with Crippen LogP contribution < -0.4 is 4.90 Å². The Bertz CT molecular complexity index is 540. The Morgan fingerprint density at radius 3 is 3.00 bits per heavy atom. The van der Waals surface area contributed by atoms with Crippen molar-refractivity contribution >= 4 is 22.5 Å². The number of H-pyrrole nitrogens is 1. The first-order valence-electron chi connectivity index (χ1n) is 6.63. The van der Waals surface area contributed by atoms with Crippen molar-refractivity contribution in [3.05, 3.63) is 30.3 Å². The lowest BCUT2D eigenvalue weighted by atomic mass is 9.94. The third-order valence-corrected chi connectivity index (χ3v) is 3.87. The number of piperidine rings is 1. The molecule has 1 N–H and O–H groups in total. The summed E-state index contributed by atoms with van der Waals surface area (Å²) in [6.07, 6.45) is 1.61. The van der Waals surface area contributed by atoms with Crippen LogP contribution in [0.4, 0.5) is 5.82 Å². The second kappa shape index (κ2) is 4.48. The summed E-state index contributed by atoms with van der Waals surface area (Å²) in [6, 6.07) is 10.5. The number of aromatic amines is 1. The van der Waals surface area contributed by atoms with E-state index < -0.39 is 0 Å². The van der Waals surface area contributed by atoms with Crippen LogP contribution in [0.2, 0.25) is 0 Å². The lowest BCUT2D eigenvalue weighted by Gasteiger charge is -2.31. The Kier molecular flexibility index (Phi) is 2.82. The van der Waals surface area contributed by atoms with E-state index in [2.05, 4.69) is 41.1 Å². The highest BCUT2D eigenvalue weighted by molar-refractivity contribution is 5.86. The molecule has 2 aromatic rings. The van der Waals surface area contributed by atoms with Crippen LogP contribution in [-0.2, 0) is 4.79 Å². The fourth-order valence-electron chi connectivity index (χ4n) is 2.71. The van der Waals surface area contributed by atoms with E-state index in [1.165, 1.54) is 5.39 Å². The summed E-state index contributed by atoms with van der Waals surface area (Å²) in [5, 5.41) is 1.23. The fraction of sp³-hybridized carbons (Fsp3) is 0.400. The Hall–Kier alpha value is -1.77. The van der Waals surface area contributed by atoms with Gasteiger partial charge in [-0.05, 0) is 18.6 Å². The third kappa shape index (κ3) is 1.90. The molecule has 1 aliphatic heterocycles. The number of fused-ring (bicyclic) bond motifs is 1. The second-order valence-electron chi connectivity index (χ2n) is 5.01. The average Bonchev–Trinajstić information content (AvgIpc) is 2.83. The summed E-state index contributed by atoms with van der Waals surface area (Å²) in [5.41, 5.74) is 1.16. The number of rotatable bonds is 2. The number of Topliss-reactive ketones (excluding diaryl/α,β-unsaturated/α-hetero) is 1. The summed E-state index contributed by atoms with van der Waals surface area (Å²) in [6.45, 7) is 3.78. The van der Waals surface area contributed by atoms with E-state index in [1.807, 2.05) is 6.07 Å². The lowest BCUT2D eigenvalue weighted by molar-refractivity contribution is -0.123. The van der Waals surface area contributed by atoms with Crippen LogP contribution in [0.25, 0.3) is 10.9 Å². The zero-order chi connectivity index (χ0) is 12.5. The molecule has 1 aromatic heterocycles. The SMILES string of the molecule is CCC1CN(c2cc3ccccc3[nH]2)CCC1=O. The minimum absolute atomic E-state index is 0.199. The molecule has 3 heteroatoms. The van der Waals surface area contributed by atoms with Crippen LogP contribution in [0.5, 0.6) is 0 Å².